The highest BCUT2D eigenvalue weighted by molar-refractivity contribution is 5.77. The molecule has 4 nitrogen and oxygen atoms in total. The molecule has 1 aliphatic rings. The Kier molecular flexibility index (Phi) is 6.81. The van der Waals surface area contributed by atoms with E-state index < -0.39 is 0 Å². The SMILES string of the molecule is CNC1CCCN(CCC(=O)NC(c2ccccc2)c2ccccc2)C1. The van der Waals surface area contributed by atoms with E-state index in [1.165, 1.54) is 12.8 Å². The maximum atomic E-state index is 12.6. The van der Waals surface area contributed by atoms with Crippen LogP contribution in [-0.2, 0) is 4.79 Å². The van der Waals surface area contributed by atoms with Gasteiger partial charge in [0.1, 0.15) is 0 Å². The molecule has 2 N–H and O–H groups in total. The van der Waals surface area contributed by atoms with Crippen LogP contribution in [0.2, 0.25) is 0 Å². The molecule has 0 aromatic heterocycles. The van der Waals surface area contributed by atoms with Crippen LogP contribution in [0.1, 0.15) is 36.4 Å². The number of hydrogen-bond acceptors (Lipinski definition) is 3. The van der Waals surface area contributed by atoms with Crippen molar-refractivity contribution in [2.45, 2.75) is 31.3 Å². The molecule has 0 aliphatic carbocycles. The highest BCUT2D eigenvalue weighted by atomic mass is 16.1. The number of benzene rings is 2. The second-order valence-corrected chi connectivity index (χ2v) is 7.00. The van der Waals surface area contributed by atoms with E-state index in [0.717, 1.165) is 30.8 Å². The van der Waals surface area contributed by atoms with Crippen LogP contribution in [0, 0.1) is 0 Å². The standard InChI is InChI=1S/C22H29N3O/c1-23-20-13-8-15-25(17-20)16-14-21(26)24-22(18-9-4-2-5-10-18)19-11-6-3-7-12-19/h2-7,9-12,20,22-23H,8,13-17H2,1H3,(H,24,26). The third-order valence-corrected chi connectivity index (χ3v) is 5.14. The summed E-state index contributed by atoms with van der Waals surface area (Å²) in [5.41, 5.74) is 2.22. The lowest BCUT2D eigenvalue weighted by Crippen LogP contribution is -2.45. The maximum absolute atomic E-state index is 12.6. The molecular weight excluding hydrogens is 322 g/mol. The van der Waals surface area contributed by atoms with E-state index in [9.17, 15) is 4.79 Å². The number of carbonyl (C=O) groups is 1. The first-order valence-electron chi connectivity index (χ1n) is 9.55. The zero-order chi connectivity index (χ0) is 18.2. The summed E-state index contributed by atoms with van der Waals surface area (Å²) in [5, 5.41) is 6.59. The zero-order valence-electron chi connectivity index (χ0n) is 15.5. The molecular formula is C22H29N3O. The summed E-state index contributed by atoms with van der Waals surface area (Å²) in [7, 11) is 2.02. The lowest BCUT2D eigenvalue weighted by Gasteiger charge is -2.32. The minimum absolute atomic E-state index is 0.101. The number of nitrogens with one attached hydrogen (secondary N) is 2. The van der Waals surface area contributed by atoms with Crippen LogP contribution in [0.4, 0.5) is 0 Å². The Balaban J connectivity index is 1.61. The van der Waals surface area contributed by atoms with Crippen molar-refractivity contribution in [2.24, 2.45) is 0 Å². The van der Waals surface area contributed by atoms with Gasteiger partial charge in [0, 0.05) is 25.6 Å². The lowest BCUT2D eigenvalue weighted by molar-refractivity contribution is -0.122. The molecule has 1 atom stereocenters. The first-order chi connectivity index (χ1) is 12.8. The summed E-state index contributed by atoms with van der Waals surface area (Å²) < 4.78 is 0. The quantitative estimate of drug-likeness (QED) is 0.806. The zero-order valence-corrected chi connectivity index (χ0v) is 15.5. The number of carbonyl (C=O) groups excluding carboxylic acids is 1. The fourth-order valence-electron chi connectivity index (χ4n) is 3.64. The lowest BCUT2D eigenvalue weighted by atomic mass is 9.98. The molecule has 0 radical (unpaired) electrons. The van der Waals surface area contributed by atoms with Crippen molar-refractivity contribution in [1.82, 2.24) is 15.5 Å². The van der Waals surface area contributed by atoms with Crippen LogP contribution in [0.25, 0.3) is 0 Å². The van der Waals surface area contributed by atoms with E-state index in [2.05, 4.69) is 39.8 Å². The molecule has 1 heterocycles. The van der Waals surface area contributed by atoms with Gasteiger partial charge < -0.3 is 15.5 Å². The molecule has 138 valence electrons. The number of piperidine rings is 1. The predicted molar refractivity (Wildman–Crippen MR) is 106 cm³/mol. The molecule has 1 amide bonds. The van der Waals surface area contributed by atoms with Gasteiger partial charge in [0.05, 0.1) is 6.04 Å². The van der Waals surface area contributed by atoms with Gasteiger partial charge in [-0.05, 0) is 37.6 Å². The Labute approximate surface area is 156 Å². The van der Waals surface area contributed by atoms with Crippen molar-refractivity contribution in [2.75, 3.05) is 26.7 Å². The molecule has 1 aliphatic heterocycles. The average molecular weight is 351 g/mol. The van der Waals surface area contributed by atoms with Crippen LogP contribution in [0.15, 0.2) is 60.7 Å². The first-order valence-corrected chi connectivity index (χ1v) is 9.55. The van der Waals surface area contributed by atoms with Crippen LogP contribution in [0.5, 0.6) is 0 Å². The molecule has 1 saturated heterocycles. The van der Waals surface area contributed by atoms with E-state index in [-0.39, 0.29) is 11.9 Å². The maximum Gasteiger partial charge on any atom is 0.222 e. The van der Waals surface area contributed by atoms with Crippen molar-refractivity contribution in [3.05, 3.63) is 71.8 Å². The number of likely N-dealkylation sites (N-methyl/N-ethyl adjacent to an activating group) is 1. The van der Waals surface area contributed by atoms with Crippen molar-refractivity contribution in [1.29, 1.82) is 0 Å². The van der Waals surface area contributed by atoms with Gasteiger partial charge >= 0.3 is 0 Å². The molecule has 1 unspecified atom stereocenters. The molecule has 26 heavy (non-hydrogen) atoms. The highest BCUT2D eigenvalue weighted by Gasteiger charge is 2.20. The van der Waals surface area contributed by atoms with E-state index in [1.807, 2.05) is 43.4 Å². The minimum Gasteiger partial charge on any atom is -0.345 e. The van der Waals surface area contributed by atoms with E-state index in [0.29, 0.717) is 12.5 Å². The van der Waals surface area contributed by atoms with Crippen LogP contribution < -0.4 is 10.6 Å². The van der Waals surface area contributed by atoms with Gasteiger partial charge in [0.25, 0.3) is 0 Å². The third kappa shape index (κ3) is 5.16. The Hall–Kier alpha value is -2.17. The molecule has 0 bridgehead atoms. The van der Waals surface area contributed by atoms with Crippen LogP contribution in [0.3, 0.4) is 0 Å². The van der Waals surface area contributed by atoms with Crippen molar-refractivity contribution in [3.8, 4) is 0 Å². The highest BCUT2D eigenvalue weighted by Crippen LogP contribution is 2.22. The second-order valence-electron chi connectivity index (χ2n) is 7.00. The second kappa shape index (κ2) is 9.51. The third-order valence-electron chi connectivity index (χ3n) is 5.14. The van der Waals surface area contributed by atoms with Crippen LogP contribution >= 0.6 is 0 Å². The summed E-state index contributed by atoms with van der Waals surface area (Å²) in [6.07, 6.45) is 2.96. The van der Waals surface area contributed by atoms with Gasteiger partial charge in [-0.25, -0.2) is 0 Å². The Morgan fingerprint density at radius 2 is 1.69 bits per heavy atom. The topological polar surface area (TPSA) is 44.4 Å². The Morgan fingerprint density at radius 1 is 1.08 bits per heavy atom. The first kappa shape index (κ1) is 18.6. The Morgan fingerprint density at radius 3 is 2.27 bits per heavy atom. The van der Waals surface area contributed by atoms with E-state index >= 15 is 0 Å². The van der Waals surface area contributed by atoms with Crippen molar-refractivity contribution in [3.63, 3.8) is 0 Å². The van der Waals surface area contributed by atoms with Gasteiger partial charge in [-0.3, -0.25) is 4.79 Å². The molecule has 4 heteroatoms. The Bertz CT molecular complexity index is 635. The fraction of sp³-hybridized carbons (Fsp3) is 0.409. The van der Waals surface area contributed by atoms with Gasteiger partial charge in [-0.1, -0.05) is 60.7 Å². The smallest absolute Gasteiger partial charge is 0.222 e. The normalized spacial score (nSPS) is 18.0. The molecule has 2 aromatic carbocycles. The van der Waals surface area contributed by atoms with Gasteiger partial charge in [-0.15, -0.1) is 0 Å². The number of amides is 1. The number of nitrogens with zero attached hydrogens (tertiary/aromatic N) is 1. The summed E-state index contributed by atoms with van der Waals surface area (Å²) in [4.78, 5) is 15.0. The van der Waals surface area contributed by atoms with Gasteiger partial charge in [0.2, 0.25) is 5.91 Å². The molecule has 1 fully saturated rings. The average Bonchev–Trinajstić information content (AvgIpc) is 2.72. The molecule has 0 spiro atoms. The van der Waals surface area contributed by atoms with Crippen molar-refractivity contribution >= 4 is 5.91 Å². The van der Waals surface area contributed by atoms with E-state index in [1.54, 1.807) is 0 Å². The van der Waals surface area contributed by atoms with Crippen LogP contribution in [-0.4, -0.2) is 43.5 Å². The molecule has 2 aromatic rings. The number of likely N-dealkylation sites (tertiary alicyclic amines) is 1. The number of hydrogen-bond donors (Lipinski definition) is 2. The predicted octanol–water partition coefficient (Wildman–Crippen LogP) is 2.97. The molecule has 3 rings (SSSR count). The molecule has 0 saturated carbocycles. The monoisotopic (exact) mass is 351 g/mol. The minimum atomic E-state index is -0.101. The fourth-order valence-corrected chi connectivity index (χ4v) is 3.64. The summed E-state index contributed by atoms with van der Waals surface area (Å²) in [6, 6.07) is 20.8. The van der Waals surface area contributed by atoms with E-state index in [4.69, 9.17) is 0 Å². The summed E-state index contributed by atoms with van der Waals surface area (Å²) in [6.45, 7) is 2.94. The summed E-state index contributed by atoms with van der Waals surface area (Å²) in [5.74, 6) is 0.106. The summed E-state index contributed by atoms with van der Waals surface area (Å²) >= 11 is 0. The largest absolute Gasteiger partial charge is 0.345 e. The van der Waals surface area contributed by atoms with Crippen molar-refractivity contribution < 1.29 is 4.79 Å². The number of rotatable bonds is 7. The van der Waals surface area contributed by atoms with Gasteiger partial charge in [0.15, 0.2) is 0 Å². The van der Waals surface area contributed by atoms with Gasteiger partial charge in [-0.2, -0.15) is 0 Å².